The van der Waals surface area contributed by atoms with Gasteiger partial charge in [-0.1, -0.05) is 6.92 Å². The van der Waals surface area contributed by atoms with Crippen molar-refractivity contribution < 1.29 is 0 Å². The first-order valence-electron chi connectivity index (χ1n) is 6.87. The Morgan fingerprint density at radius 2 is 1.50 bits per heavy atom. The zero-order chi connectivity index (χ0) is 11.2. The molecule has 2 saturated heterocycles. The first-order valence-corrected chi connectivity index (χ1v) is 8.02. The number of rotatable bonds is 4. The molecule has 2 rings (SSSR count). The highest BCUT2D eigenvalue weighted by atomic mass is 32.2. The fraction of sp³-hybridized carbons (Fsp3) is 1.00. The molecule has 3 heteroatoms. The Bertz CT molecular complexity index is 184. The first kappa shape index (κ1) is 12.7. The van der Waals surface area contributed by atoms with Crippen LogP contribution in [0, 0.1) is 5.92 Å². The molecule has 2 heterocycles. The molecule has 0 saturated carbocycles. The zero-order valence-corrected chi connectivity index (χ0v) is 11.5. The van der Waals surface area contributed by atoms with Crippen LogP contribution in [0.4, 0.5) is 0 Å². The van der Waals surface area contributed by atoms with Crippen LogP contribution in [-0.2, 0) is 0 Å². The van der Waals surface area contributed by atoms with Gasteiger partial charge in [0.2, 0.25) is 0 Å². The van der Waals surface area contributed by atoms with E-state index in [2.05, 4.69) is 28.5 Å². The van der Waals surface area contributed by atoms with Crippen molar-refractivity contribution in [2.45, 2.75) is 26.2 Å². The fourth-order valence-corrected chi connectivity index (χ4v) is 3.61. The predicted molar refractivity (Wildman–Crippen MR) is 73.2 cm³/mol. The maximum Gasteiger partial charge on any atom is 0.00727 e. The second-order valence-corrected chi connectivity index (χ2v) is 6.56. The van der Waals surface area contributed by atoms with Gasteiger partial charge in [-0.3, -0.25) is 0 Å². The minimum Gasteiger partial charge on any atom is -0.303 e. The first-order chi connectivity index (χ1) is 7.84. The quantitative estimate of drug-likeness (QED) is 0.746. The van der Waals surface area contributed by atoms with E-state index in [0.29, 0.717) is 0 Å². The van der Waals surface area contributed by atoms with Gasteiger partial charge in [-0.15, -0.1) is 0 Å². The Morgan fingerprint density at radius 1 is 0.938 bits per heavy atom. The summed E-state index contributed by atoms with van der Waals surface area (Å²) in [5.41, 5.74) is 0. The van der Waals surface area contributed by atoms with Gasteiger partial charge in [0.25, 0.3) is 0 Å². The SMILES string of the molecule is CC1CCN(CCCN2CCSCC2)CC1. The Hall–Kier alpha value is 0.270. The van der Waals surface area contributed by atoms with Crippen molar-refractivity contribution in [3.63, 3.8) is 0 Å². The largest absolute Gasteiger partial charge is 0.303 e. The summed E-state index contributed by atoms with van der Waals surface area (Å²) >= 11 is 2.11. The molecule has 16 heavy (non-hydrogen) atoms. The van der Waals surface area contributed by atoms with Crippen LogP contribution in [0.15, 0.2) is 0 Å². The van der Waals surface area contributed by atoms with Crippen molar-refractivity contribution >= 4 is 11.8 Å². The molecule has 0 radical (unpaired) electrons. The number of likely N-dealkylation sites (tertiary alicyclic amines) is 1. The standard InChI is InChI=1S/C13H26N2S/c1-13-3-7-14(8-4-13)5-2-6-15-9-11-16-12-10-15/h13H,2-12H2,1H3. The van der Waals surface area contributed by atoms with E-state index in [-0.39, 0.29) is 0 Å². The summed E-state index contributed by atoms with van der Waals surface area (Å²) in [7, 11) is 0. The Labute approximate surface area is 105 Å². The molecule has 0 aromatic rings. The van der Waals surface area contributed by atoms with Crippen molar-refractivity contribution in [2.24, 2.45) is 5.92 Å². The molecule has 0 aromatic carbocycles. The Kier molecular flexibility index (Phi) is 5.46. The average molecular weight is 242 g/mol. The molecule has 0 bridgehead atoms. The average Bonchev–Trinajstić information content (AvgIpc) is 2.33. The molecule has 94 valence electrons. The second kappa shape index (κ2) is 6.87. The lowest BCUT2D eigenvalue weighted by Crippen LogP contribution is -2.37. The lowest BCUT2D eigenvalue weighted by atomic mass is 9.99. The van der Waals surface area contributed by atoms with Crippen LogP contribution in [0.25, 0.3) is 0 Å². The number of thioether (sulfide) groups is 1. The predicted octanol–water partition coefficient (Wildman–Crippen LogP) is 2.16. The van der Waals surface area contributed by atoms with Crippen LogP contribution >= 0.6 is 11.8 Å². The second-order valence-electron chi connectivity index (χ2n) is 5.33. The maximum atomic E-state index is 2.67. The van der Waals surface area contributed by atoms with Crippen molar-refractivity contribution in [3.05, 3.63) is 0 Å². The van der Waals surface area contributed by atoms with E-state index >= 15 is 0 Å². The normalized spacial score (nSPS) is 26.1. The monoisotopic (exact) mass is 242 g/mol. The van der Waals surface area contributed by atoms with E-state index in [0.717, 1.165) is 5.92 Å². The van der Waals surface area contributed by atoms with Crippen LogP contribution in [0.5, 0.6) is 0 Å². The zero-order valence-electron chi connectivity index (χ0n) is 10.7. The minimum atomic E-state index is 0.968. The third-order valence-electron chi connectivity index (χ3n) is 3.93. The highest BCUT2D eigenvalue weighted by Crippen LogP contribution is 2.16. The minimum absolute atomic E-state index is 0.968. The van der Waals surface area contributed by atoms with Crippen molar-refractivity contribution in [2.75, 3.05) is 50.8 Å². The van der Waals surface area contributed by atoms with Crippen LogP contribution in [0.2, 0.25) is 0 Å². The molecule has 0 N–H and O–H groups in total. The van der Waals surface area contributed by atoms with Crippen molar-refractivity contribution in [3.8, 4) is 0 Å². The van der Waals surface area contributed by atoms with Gasteiger partial charge in [0, 0.05) is 24.6 Å². The lowest BCUT2D eigenvalue weighted by molar-refractivity contribution is 0.179. The molecule has 0 atom stereocenters. The molecule has 2 aliphatic rings. The molecule has 2 fully saturated rings. The summed E-state index contributed by atoms with van der Waals surface area (Å²) in [5, 5.41) is 0. The topological polar surface area (TPSA) is 6.48 Å². The molecule has 0 aliphatic carbocycles. The van der Waals surface area contributed by atoms with Crippen LogP contribution in [0.1, 0.15) is 26.2 Å². The molecular weight excluding hydrogens is 216 g/mol. The smallest absolute Gasteiger partial charge is 0.00727 e. The van der Waals surface area contributed by atoms with Gasteiger partial charge in [0.05, 0.1) is 0 Å². The third kappa shape index (κ3) is 4.27. The van der Waals surface area contributed by atoms with E-state index in [1.165, 1.54) is 70.0 Å². The third-order valence-corrected chi connectivity index (χ3v) is 4.87. The Morgan fingerprint density at radius 3 is 2.12 bits per heavy atom. The molecule has 0 amide bonds. The van der Waals surface area contributed by atoms with Gasteiger partial charge in [0.15, 0.2) is 0 Å². The summed E-state index contributed by atoms with van der Waals surface area (Å²) in [6.07, 6.45) is 4.21. The van der Waals surface area contributed by atoms with E-state index < -0.39 is 0 Å². The fourth-order valence-electron chi connectivity index (χ4n) is 2.63. The summed E-state index contributed by atoms with van der Waals surface area (Å²) < 4.78 is 0. The highest BCUT2D eigenvalue weighted by molar-refractivity contribution is 7.99. The number of piperidine rings is 1. The van der Waals surface area contributed by atoms with Gasteiger partial charge in [-0.25, -0.2) is 0 Å². The summed E-state index contributed by atoms with van der Waals surface area (Å²) in [6, 6.07) is 0. The summed E-state index contributed by atoms with van der Waals surface area (Å²) in [4.78, 5) is 5.31. The van der Waals surface area contributed by atoms with Crippen LogP contribution < -0.4 is 0 Å². The van der Waals surface area contributed by atoms with Crippen LogP contribution in [-0.4, -0.2) is 60.6 Å². The number of hydrogen-bond acceptors (Lipinski definition) is 3. The van der Waals surface area contributed by atoms with E-state index in [4.69, 9.17) is 0 Å². The highest BCUT2D eigenvalue weighted by Gasteiger charge is 2.15. The number of hydrogen-bond donors (Lipinski definition) is 0. The van der Waals surface area contributed by atoms with Crippen molar-refractivity contribution in [1.82, 2.24) is 9.80 Å². The van der Waals surface area contributed by atoms with Gasteiger partial charge < -0.3 is 9.80 Å². The number of nitrogens with zero attached hydrogens (tertiary/aromatic N) is 2. The molecular formula is C13H26N2S. The molecule has 0 spiro atoms. The molecule has 2 aliphatic heterocycles. The maximum absolute atomic E-state index is 2.67. The summed E-state index contributed by atoms with van der Waals surface area (Å²) in [5.74, 6) is 3.66. The Balaban J connectivity index is 1.53. The van der Waals surface area contributed by atoms with Gasteiger partial charge in [-0.2, -0.15) is 11.8 Å². The van der Waals surface area contributed by atoms with E-state index in [9.17, 15) is 0 Å². The molecule has 0 aromatic heterocycles. The molecule has 2 nitrogen and oxygen atoms in total. The van der Waals surface area contributed by atoms with Gasteiger partial charge in [0.1, 0.15) is 0 Å². The molecule has 0 unspecified atom stereocenters. The van der Waals surface area contributed by atoms with E-state index in [1.807, 2.05) is 0 Å². The van der Waals surface area contributed by atoms with Gasteiger partial charge in [-0.05, 0) is 51.4 Å². The van der Waals surface area contributed by atoms with Crippen LogP contribution in [0.3, 0.4) is 0 Å². The lowest BCUT2D eigenvalue weighted by Gasteiger charge is -2.31. The van der Waals surface area contributed by atoms with Crippen molar-refractivity contribution in [1.29, 1.82) is 0 Å². The van der Waals surface area contributed by atoms with Gasteiger partial charge >= 0.3 is 0 Å². The summed E-state index contributed by atoms with van der Waals surface area (Å²) in [6.45, 7) is 10.4. The van der Waals surface area contributed by atoms with E-state index in [1.54, 1.807) is 0 Å².